The van der Waals surface area contributed by atoms with E-state index in [4.69, 9.17) is 4.74 Å². The van der Waals surface area contributed by atoms with Crippen molar-refractivity contribution in [2.45, 2.75) is 31.4 Å². The standard InChI is InChI=1S/C19H25F3N2O2.ClH/c1-13(14-10-23-11-14)17(25)24-12-18(5-7-26-8-6-18)15-3-2-4-16(9-15)19(20,21)22;/h2-4,9,13-14,23H,5-8,10-12H2,1H3,(H,24,25);1H. The van der Waals surface area contributed by atoms with Crippen molar-refractivity contribution in [3.63, 3.8) is 0 Å². The first-order valence-corrected chi connectivity index (χ1v) is 9.06. The summed E-state index contributed by atoms with van der Waals surface area (Å²) in [4.78, 5) is 12.5. The number of benzene rings is 1. The Morgan fingerprint density at radius 2 is 2.00 bits per heavy atom. The summed E-state index contributed by atoms with van der Waals surface area (Å²) in [6.45, 7) is 4.87. The van der Waals surface area contributed by atoms with E-state index < -0.39 is 17.2 Å². The van der Waals surface area contributed by atoms with E-state index in [1.807, 2.05) is 6.92 Å². The lowest BCUT2D eigenvalue weighted by atomic mass is 9.73. The third kappa shape index (κ3) is 4.95. The van der Waals surface area contributed by atoms with Crippen molar-refractivity contribution in [3.8, 4) is 0 Å². The maximum absolute atomic E-state index is 13.1. The quantitative estimate of drug-likeness (QED) is 0.789. The van der Waals surface area contributed by atoms with Gasteiger partial charge in [-0.1, -0.05) is 25.1 Å². The lowest BCUT2D eigenvalue weighted by Crippen LogP contribution is -2.51. The Hall–Kier alpha value is -1.31. The van der Waals surface area contributed by atoms with Crippen LogP contribution in [0.4, 0.5) is 13.2 Å². The van der Waals surface area contributed by atoms with E-state index in [9.17, 15) is 18.0 Å². The minimum atomic E-state index is -4.38. The summed E-state index contributed by atoms with van der Waals surface area (Å²) in [6, 6.07) is 5.48. The number of alkyl halides is 3. The zero-order valence-electron chi connectivity index (χ0n) is 15.3. The van der Waals surface area contributed by atoms with E-state index >= 15 is 0 Å². The van der Waals surface area contributed by atoms with Gasteiger partial charge >= 0.3 is 6.18 Å². The second-order valence-corrected chi connectivity index (χ2v) is 7.40. The van der Waals surface area contributed by atoms with Gasteiger partial charge in [0, 0.05) is 31.1 Å². The molecule has 1 aromatic rings. The molecule has 0 spiro atoms. The first-order valence-electron chi connectivity index (χ1n) is 9.06. The van der Waals surface area contributed by atoms with Crippen molar-refractivity contribution in [1.29, 1.82) is 0 Å². The molecule has 2 heterocycles. The number of hydrogen-bond donors (Lipinski definition) is 2. The van der Waals surface area contributed by atoms with Gasteiger partial charge in [-0.25, -0.2) is 0 Å². The molecule has 152 valence electrons. The monoisotopic (exact) mass is 406 g/mol. The Morgan fingerprint density at radius 1 is 1.33 bits per heavy atom. The Bertz CT molecular complexity index is 644. The molecular formula is C19H26ClF3N2O2. The average Bonchev–Trinajstić information content (AvgIpc) is 2.58. The predicted molar refractivity (Wildman–Crippen MR) is 99.0 cm³/mol. The van der Waals surface area contributed by atoms with Crippen molar-refractivity contribution in [2.75, 3.05) is 32.8 Å². The van der Waals surface area contributed by atoms with E-state index in [0.717, 1.165) is 19.2 Å². The second kappa shape index (κ2) is 8.80. The van der Waals surface area contributed by atoms with Gasteiger partial charge in [0.2, 0.25) is 5.91 Å². The normalized spacial score (nSPS) is 20.9. The molecule has 2 saturated heterocycles. The van der Waals surface area contributed by atoms with Crippen LogP contribution >= 0.6 is 12.4 Å². The molecule has 1 unspecified atom stereocenters. The fraction of sp³-hybridized carbons (Fsp3) is 0.632. The first-order chi connectivity index (χ1) is 12.3. The maximum Gasteiger partial charge on any atom is 0.416 e. The summed E-state index contributed by atoms with van der Waals surface area (Å²) in [6.07, 6.45) is -3.20. The Morgan fingerprint density at radius 3 is 2.56 bits per heavy atom. The molecular weight excluding hydrogens is 381 g/mol. The number of halogens is 4. The highest BCUT2D eigenvalue weighted by Gasteiger charge is 2.38. The topological polar surface area (TPSA) is 50.4 Å². The van der Waals surface area contributed by atoms with Crippen molar-refractivity contribution >= 4 is 18.3 Å². The van der Waals surface area contributed by atoms with Gasteiger partial charge in [0.1, 0.15) is 0 Å². The minimum absolute atomic E-state index is 0. The van der Waals surface area contributed by atoms with E-state index in [-0.39, 0.29) is 24.2 Å². The molecule has 2 fully saturated rings. The van der Waals surface area contributed by atoms with Gasteiger partial charge in [0.15, 0.2) is 0 Å². The lowest BCUT2D eigenvalue weighted by molar-refractivity contribution is -0.137. The molecule has 1 aromatic carbocycles. The van der Waals surface area contributed by atoms with Gasteiger partial charge in [0.05, 0.1) is 5.56 Å². The van der Waals surface area contributed by atoms with E-state index in [1.54, 1.807) is 6.07 Å². The molecule has 0 bridgehead atoms. The molecule has 0 aliphatic carbocycles. The van der Waals surface area contributed by atoms with Gasteiger partial charge in [-0.05, 0) is 43.5 Å². The molecule has 8 heteroatoms. The fourth-order valence-electron chi connectivity index (χ4n) is 3.65. The number of rotatable bonds is 5. The van der Waals surface area contributed by atoms with Crippen LogP contribution in [0, 0.1) is 11.8 Å². The van der Waals surface area contributed by atoms with E-state index in [0.29, 0.717) is 44.1 Å². The number of amides is 1. The van der Waals surface area contributed by atoms with Gasteiger partial charge < -0.3 is 15.4 Å². The van der Waals surface area contributed by atoms with Crippen LogP contribution in [0.25, 0.3) is 0 Å². The van der Waals surface area contributed by atoms with Gasteiger partial charge in [-0.2, -0.15) is 13.2 Å². The molecule has 1 amide bonds. The van der Waals surface area contributed by atoms with Crippen LogP contribution in [0.3, 0.4) is 0 Å². The highest BCUT2D eigenvalue weighted by atomic mass is 35.5. The summed E-state index contributed by atoms with van der Waals surface area (Å²) in [5.74, 6) is 0.193. The third-order valence-electron chi connectivity index (χ3n) is 5.79. The number of hydrogen-bond acceptors (Lipinski definition) is 3. The molecule has 27 heavy (non-hydrogen) atoms. The van der Waals surface area contributed by atoms with Crippen molar-refractivity contribution in [1.82, 2.24) is 10.6 Å². The molecule has 2 aliphatic heterocycles. The van der Waals surface area contributed by atoms with Gasteiger partial charge in [-0.3, -0.25) is 4.79 Å². The SMILES string of the molecule is CC(C(=O)NCC1(c2cccc(C(F)(F)F)c2)CCOCC1)C1CNC1.Cl. The van der Waals surface area contributed by atoms with Crippen LogP contribution in [0.2, 0.25) is 0 Å². The van der Waals surface area contributed by atoms with Crippen molar-refractivity contribution in [2.24, 2.45) is 11.8 Å². The zero-order chi connectivity index (χ0) is 18.8. The summed E-state index contributed by atoms with van der Waals surface area (Å²) >= 11 is 0. The van der Waals surface area contributed by atoms with Crippen molar-refractivity contribution in [3.05, 3.63) is 35.4 Å². The Labute approximate surface area is 163 Å². The van der Waals surface area contributed by atoms with Crippen molar-refractivity contribution < 1.29 is 22.7 Å². The Kier molecular flexibility index (Phi) is 7.16. The maximum atomic E-state index is 13.1. The molecule has 1 atom stereocenters. The van der Waals surface area contributed by atoms with Gasteiger partial charge in [-0.15, -0.1) is 12.4 Å². The van der Waals surface area contributed by atoms with Crippen LogP contribution in [-0.2, 0) is 21.1 Å². The molecule has 4 nitrogen and oxygen atoms in total. The van der Waals surface area contributed by atoms with E-state index in [2.05, 4.69) is 10.6 Å². The number of ether oxygens (including phenoxy) is 1. The highest BCUT2D eigenvalue weighted by Crippen LogP contribution is 2.38. The average molecular weight is 407 g/mol. The van der Waals surface area contributed by atoms with Crippen LogP contribution in [0.1, 0.15) is 30.9 Å². The van der Waals surface area contributed by atoms with Crippen LogP contribution < -0.4 is 10.6 Å². The van der Waals surface area contributed by atoms with Crippen LogP contribution in [-0.4, -0.2) is 38.8 Å². The number of carbonyl (C=O) groups excluding carboxylic acids is 1. The molecule has 2 aliphatic rings. The lowest BCUT2D eigenvalue weighted by Gasteiger charge is -2.39. The molecule has 0 saturated carbocycles. The zero-order valence-corrected chi connectivity index (χ0v) is 16.1. The first kappa shape index (κ1) is 22.0. The molecule has 0 radical (unpaired) electrons. The third-order valence-corrected chi connectivity index (χ3v) is 5.79. The van der Waals surface area contributed by atoms with Crippen LogP contribution in [0.5, 0.6) is 0 Å². The summed E-state index contributed by atoms with van der Waals surface area (Å²) in [5.41, 5.74) is -0.553. The van der Waals surface area contributed by atoms with Gasteiger partial charge in [0.25, 0.3) is 0 Å². The minimum Gasteiger partial charge on any atom is -0.381 e. The summed E-state index contributed by atoms with van der Waals surface area (Å²) in [5, 5.41) is 6.15. The summed E-state index contributed by atoms with van der Waals surface area (Å²) < 4.78 is 44.8. The smallest absolute Gasteiger partial charge is 0.381 e. The van der Waals surface area contributed by atoms with E-state index in [1.165, 1.54) is 12.1 Å². The number of carbonyl (C=O) groups is 1. The summed E-state index contributed by atoms with van der Waals surface area (Å²) in [7, 11) is 0. The Balaban J connectivity index is 0.00000261. The highest BCUT2D eigenvalue weighted by molar-refractivity contribution is 5.85. The molecule has 0 aromatic heterocycles. The predicted octanol–water partition coefficient (Wildman–Crippen LogP) is 3.15. The molecule has 3 rings (SSSR count). The number of nitrogens with one attached hydrogen (secondary N) is 2. The molecule has 2 N–H and O–H groups in total. The second-order valence-electron chi connectivity index (χ2n) is 7.40. The van der Waals surface area contributed by atoms with Crippen LogP contribution in [0.15, 0.2) is 24.3 Å². The fourth-order valence-corrected chi connectivity index (χ4v) is 3.65. The largest absolute Gasteiger partial charge is 0.416 e.